The molecule has 2 aromatic carbocycles. The number of aliphatic carboxylic acids is 1. The maximum atomic E-state index is 12.5. The molecule has 3 nitrogen and oxygen atoms in total. The second-order valence-corrected chi connectivity index (χ2v) is 8.12. The Morgan fingerprint density at radius 1 is 1.15 bits per heavy atom. The van der Waals surface area contributed by atoms with Crippen LogP contribution in [-0.4, -0.2) is 24.2 Å². The molecule has 1 heterocycles. The number of halogens is 2. The predicted octanol–water partition coefficient (Wildman–Crippen LogP) is 4.23. The molecule has 26 heavy (non-hydrogen) atoms. The van der Waals surface area contributed by atoms with Crippen molar-refractivity contribution in [3.05, 3.63) is 70.2 Å². The van der Waals surface area contributed by atoms with Crippen LogP contribution in [0.1, 0.15) is 35.4 Å². The summed E-state index contributed by atoms with van der Waals surface area (Å²) in [5.74, 6) is -0.497. The lowest BCUT2D eigenvalue weighted by molar-refractivity contribution is -0.157. The summed E-state index contributed by atoms with van der Waals surface area (Å²) in [6.45, 7) is 1.31. The van der Waals surface area contributed by atoms with E-state index in [4.69, 9.17) is 11.6 Å². The number of carbonyl (C=O) groups is 1. The molecular formula is C21H21Cl2NO2. The molecule has 2 N–H and O–H groups in total. The van der Waals surface area contributed by atoms with Gasteiger partial charge in [0.15, 0.2) is 0 Å². The number of hydrogen-bond acceptors (Lipinski definition) is 2. The fraction of sp³-hybridized carbons (Fsp3) is 0.381. The number of benzene rings is 2. The van der Waals surface area contributed by atoms with Gasteiger partial charge in [0.25, 0.3) is 0 Å². The first-order valence-corrected chi connectivity index (χ1v) is 9.28. The lowest BCUT2D eigenvalue weighted by atomic mass is 9.42. The van der Waals surface area contributed by atoms with E-state index < -0.39 is 11.4 Å². The van der Waals surface area contributed by atoms with Gasteiger partial charge < -0.3 is 10.4 Å². The SMILES string of the molecule is Cl.O=C(O)C12CNCC1C1(c3ccc(Cl)cc3)CCC2c2ccccc21. The molecule has 136 valence electrons. The van der Waals surface area contributed by atoms with Gasteiger partial charge in [-0.05, 0) is 41.7 Å². The van der Waals surface area contributed by atoms with Crippen LogP contribution in [0.25, 0.3) is 0 Å². The highest BCUT2D eigenvalue weighted by molar-refractivity contribution is 6.30. The minimum absolute atomic E-state index is 0. The van der Waals surface area contributed by atoms with Crippen LogP contribution in [0.4, 0.5) is 0 Å². The highest BCUT2D eigenvalue weighted by atomic mass is 35.5. The van der Waals surface area contributed by atoms with E-state index in [2.05, 4.69) is 35.6 Å². The highest BCUT2D eigenvalue weighted by Gasteiger charge is 2.68. The number of hydrogen-bond donors (Lipinski definition) is 2. The Kier molecular flexibility index (Phi) is 4.11. The van der Waals surface area contributed by atoms with Crippen LogP contribution >= 0.6 is 24.0 Å². The van der Waals surface area contributed by atoms with Gasteiger partial charge in [-0.25, -0.2) is 0 Å². The van der Waals surface area contributed by atoms with Gasteiger partial charge in [-0.1, -0.05) is 48.0 Å². The molecule has 4 atom stereocenters. The molecule has 1 aliphatic heterocycles. The van der Waals surface area contributed by atoms with Crippen LogP contribution in [0.15, 0.2) is 48.5 Å². The van der Waals surface area contributed by atoms with Crippen molar-refractivity contribution in [2.24, 2.45) is 11.3 Å². The van der Waals surface area contributed by atoms with Crippen LogP contribution < -0.4 is 5.32 Å². The van der Waals surface area contributed by atoms with E-state index >= 15 is 0 Å². The maximum absolute atomic E-state index is 12.5. The van der Waals surface area contributed by atoms with E-state index in [1.807, 2.05) is 18.2 Å². The zero-order chi connectivity index (χ0) is 17.2. The average molecular weight is 390 g/mol. The molecule has 0 amide bonds. The first kappa shape index (κ1) is 17.8. The molecule has 3 aliphatic carbocycles. The Morgan fingerprint density at radius 3 is 2.62 bits per heavy atom. The molecule has 5 heteroatoms. The smallest absolute Gasteiger partial charge is 0.311 e. The Bertz CT molecular complexity index is 869. The standard InChI is InChI=1S/C21H20ClNO2.ClH/c22-14-7-5-13(6-8-14)20-10-9-17(15-3-1-2-4-16(15)20)21(19(24)25)12-23-11-18(20)21;/h1-8,17-18,23H,9-12H2,(H,24,25);1H. The maximum Gasteiger partial charge on any atom is 0.311 e. The van der Waals surface area contributed by atoms with E-state index in [1.54, 1.807) is 0 Å². The van der Waals surface area contributed by atoms with Crippen molar-refractivity contribution in [1.29, 1.82) is 0 Å². The topological polar surface area (TPSA) is 49.3 Å². The molecule has 4 aliphatic rings. The number of carboxylic acid groups (broad SMARTS) is 1. The third kappa shape index (κ3) is 1.97. The summed E-state index contributed by atoms with van der Waals surface area (Å²) < 4.78 is 0. The molecule has 0 radical (unpaired) electrons. The van der Waals surface area contributed by atoms with E-state index in [-0.39, 0.29) is 29.7 Å². The van der Waals surface area contributed by atoms with E-state index in [9.17, 15) is 9.90 Å². The normalized spacial score (nSPS) is 33.9. The minimum atomic E-state index is -0.716. The molecule has 2 fully saturated rings. The summed E-state index contributed by atoms with van der Waals surface area (Å²) in [4.78, 5) is 12.5. The molecule has 2 aromatic rings. The first-order valence-electron chi connectivity index (χ1n) is 8.90. The number of fused-ring (bicyclic) bond motifs is 1. The van der Waals surface area contributed by atoms with Gasteiger partial charge in [0.05, 0.1) is 5.41 Å². The minimum Gasteiger partial charge on any atom is -0.481 e. The fourth-order valence-electron chi connectivity index (χ4n) is 6.10. The molecule has 2 bridgehead atoms. The van der Waals surface area contributed by atoms with Gasteiger partial charge in [-0.2, -0.15) is 0 Å². The van der Waals surface area contributed by atoms with Gasteiger partial charge >= 0.3 is 5.97 Å². The molecule has 0 spiro atoms. The average Bonchev–Trinajstić information content (AvgIpc) is 3.11. The summed E-state index contributed by atoms with van der Waals surface area (Å²) in [5.41, 5.74) is 2.77. The van der Waals surface area contributed by atoms with Gasteiger partial charge in [0.1, 0.15) is 0 Å². The zero-order valence-corrected chi connectivity index (χ0v) is 15.8. The van der Waals surface area contributed by atoms with E-state index in [0.717, 1.165) is 19.4 Å². The van der Waals surface area contributed by atoms with Crippen molar-refractivity contribution in [2.75, 3.05) is 13.1 Å². The van der Waals surface area contributed by atoms with Crippen LogP contribution in [0.2, 0.25) is 5.02 Å². The van der Waals surface area contributed by atoms with Crippen LogP contribution in [-0.2, 0) is 10.2 Å². The van der Waals surface area contributed by atoms with Crippen molar-refractivity contribution >= 4 is 30.0 Å². The fourth-order valence-corrected chi connectivity index (χ4v) is 6.22. The van der Waals surface area contributed by atoms with Gasteiger partial charge in [0, 0.05) is 35.4 Å². The first-order chi connectivity index (χ1) is 12.1. The van der Waals surface area contributed by atoms with Crippen molar-refractivity contribution in [3.8, 4) is 0 Å². The predicted molar refractivity (Wildman–Crippen MR) is 104 cm³/mol. The molecule has 0 aromatic heterocycles. The van der Waals surface area contributed by atoms with Crippen molar-refractivity contribution < 1.29 is 9.90 Å². The second-order valence-electron chi connectivity index (χ2n) is 7.69. The number of nitrogens with one attached hydrogen (secondary N) is 1. The van der Waals surface area contributed by atoms with Crippen molar-refractivity contribution in [1.82, 2.24) is 5.32 Å². The van der Waals surface area contributed by atoms with Crippen molar-refractivity contribution in [3.63, 3.8) is 0 Å². The summed E-state index contributed by atoms with van der Waals surface area (Å²) in [6.07, 6.45) is 1.92. The zero-order valence-electron chi connectivity index (χ0n) is 14.2. The molecule has 4 unspecified atom stereocenters. The second kappa shape index (κ2) is 5.98. The summed E-state index contributed by atoms with van der Waals surface area (Å²) in [7, 11) is 0. The van der Waals surface area contributed by atoms with E-state index in [1.165, 1.54) is 16.7 Å². The molecule has 1 saturated carbocycles. The summed E-state index contributed by atoms with van der Waals surface area (Å²) >= 11 is 6.13. The van der Waals surface area contributed by atoms with Gasteiger partial charge in [0.2, 0.25) is 0 Å². The Hall–Kier alpha value is -1.55. The van der Waals surface area contributed by atoms with Crippen molar-refractivity contribution in [2.45, 2.75) is 24.2 Å². The highest BCUT2D eigenvalue weighted by Crippen LogP contribution is 2.67. The third-order valence-corrected chi connectivity index (χ3v) is 7.26. The number of rotatable bonds is 2. The van der Waals surface area contributed by atoms with Gasteiger partial charge in [-0.15, -0.1) is 12.4 Å². The monoisotopic (exact) mass is 389 g/mol. The summed E-state index contributed by atoms with van der Waals surface area (Å²) in [6, 6.07) is 16.5. The Morgan fingerprint density at radius 2 is 1.88 bits per heavy atom. The Labute approximate surface area is 164 Å². The number of carboxylic acids is 1. The largest absolute Gasteiger partial charge is 0.481 e. The lowest BCUT2D eigenvalue weighted by Gasteiger charge is -2.59. The van der Waals surface area contributed by atoms with Crippen LogP contribution in [0.3, 0.4) is 0 Å². The van der Waals surface area contributed by atoms with Crippen LogP contribution in [0, 0.1) is 11.3 Å². The summed E-state index contributed by atoms with van der Waals surface area (Å²) in [5, 5.41) is 14.4. The van der Waals surface area contributed by atoms with Gasteiger partial charge in [-0.3, -0.25) is 4.79 Å². The molecular weight excluding hydrogens is 369 g/mol. The lowest BCUT2D eigenvalue weighted by Crippen LogP contribution is -2.60. The Balaban J connectivity index is 0.00000168. The third-order valence-electron chi connectivity index (χ3n) is 7.01. The molecule has 1 saturated heterocycles. The van der Waals surface area contributed by atoms with Crippen LogP contribution in [0.5, 0.6) is 0 Å². The molecule has 6 rings (SSSR count). The quantitative estimate of drug-likeness (QED) is 0.807. The van der Waals surface area contributed by atoms with E-state index in [0.29, 0.717) is 11.6 Å².